The zero-order valence-electron chi connectivity index (χ0n) is 14.4. The van der Waals surface area contributed by atoms with Crippen molar-refractivity contribution in [3.8, 4) is 0 Å². The van der Waals surface area contributed by atoms with Gasteiger partial charge in [-0.3, -0.25) is 9.69 Å². The zero-order chi connectivity index (χ0) is 17.6. The molecule has 0 N–H and O–H groups in total. The van der Waals surface area contributed by atoms with E-state index in [4.69, 9.17) is 0 Å². The molecule has 25 heavy (non-hydrogen) atoms. The zero-order valence-corrected chi connectivity index (χ0v) is 15.2. The lowest BCUT2D eigenvalue weighted by atomic mass is 10.1. The SMILES string of the molecule is Cn1cc(C(=O)N2CCN([C@H]3CCS(=O)(=O)C3)CC2)c2ccccc21. The van der Waals surface area contributed by atoms with Crippen LogP contribution in [0.3, 0.4) is 0 Å². The number of nitrogens with zero attached hydrogens (tertiary/aromatic N) is 3. The van der Waals surface area contributed by atoms with E-state index in [1.54, 1.807) is 0 Å². The van der Waals surface area contributed by atoms with Crippen molar-refractivity contribution >= 4 is 26.6 Å². The average molecular weight is 361 g/mol. The molecule has 1 aromatic carbocycles. The van der Waals surface area contributed by atoms with Crippen LogP contribution in [-0.2, 0) is 16.9 Å². The maximum atomic E-state index is 13.0. The van der Waals surface area contributed by atoms with E-state index in [1.165, 1.54) is 0 Å². The number of rotatable bonds is 2. The van der Waals surface area contributed by atoms with Crippen LogP contribution in [0.1, 0.15) is 16.8 Å². The highest BCUT2D eigenvalue weighted by molar-refractivity contribution is 7.91. The monoisotopic (exact) mass is 361 g/mol. The molecule has 0 bridgehead atoms. The number of carbonyl (C=O) groups excluding carboxylic acids is 1. The third-order valence-corrected chi connectivity index (χ3v) is 7.20. The van der Waals surface area contributed by atoms with Crippen molar-refractivity contribution in [1.29, 1.82) is 0 Å². The number of fused-ring (bicyclic) bond motifs is 1. The molecular formula is C18H23N3O3S. The maximum absolute atomic E-state index is 13.0. The van der Waals surface area contributed by atoms with Crippen molar-refractivity contribution < 1.29 is 13.2 Å². The molecular weight excluding hydrogens is 338 g/mol. The fourth-order valence-electron chi connectivity index (χ4n) is 4.04. The summed E-state index contributed by atoms with van der Waals surface area (Å²) in [5.41, 5.74) is 1.80. The Bertz CT molecular complexity index is 911. The number of para-hydroxylation sites is 1. The molecule has 2 fully saturated rings. The molecule has 2 aromatic rings. The normalized spacial score (nSPS) is 24.0. The Morgan fingerprint density at radius 1 is 1.12 bits per heavy atom. The van der Waals surface area contributed by atoms with Crippen molar-refractivity contribution in [3.63, 3.8) is 0 Å². The summed E-state index contributed by atoms with van der Waals surface area (Å²) in [6.45, 7) is 2.80. The van der Waals surface area contributed by atoms with Gasteiger partial charge in [0.2, 0.25) is 0 Å². The first kappa shape index (κ1) is 16.6. The van der Waals surface area contributed by atoms with Gasteiger partial charge in [-0.1, -0.05) is 18.2 Å². The Labute approximate surface area is 147 Å². The van der Waals surface area contributed by atoms with Gasteiger partial charge in [-0.2, -0.15) is 0 Å². The van der Waals surface area contributed by atoms with E-state index in [1.807, 2.05) is 47.0 Å². The highest BCUT2D eigenvalue weighted by atomic mass is 32.2. The van der Waals surface area contributed by atoms with Crippen molar-refractivity contribution in [3.05, 3.63) is 36.0 Å². The summed E-state index contributed by atoms with van der Waals surface area (Å²) in [6, 6.07) is 8.06. The standard InChI is InChI=1S/C18H23N3O3S/c1-19-12-16(15-4-2-3-5-17(15)19)18(22)21-9-7-20(8-10-21)14-6-11-25(23,24)13-14/h2-5,12,14H,6-11,13H2,1H3/t14-/m0/s1. The summed E-state index contributed by atoms with van der Waals surface area (Å²) in [4.78, 5) is 17.1. The molecule has 6 nitrogen and oxygen atoms in total. The maximum Gasteiger partial charge on any atom is 0.256 e. The predicted octanol–water partition coefficient (Wildman–Crippen LogP) is 1.12. The van der Waals surface area contributed by atoms with Crippen LogP contribution >= 0.6 is 0 Å². The Hall–Kier alpha value is -1.86. The number of piperazine rings is 1. The van der Waals surface area contributed by atoms with Crippen LogP contribution in [0.15, 0.2) is 30.5 Å². The molecule has 1 amide bonds. The molecule has 0 spiro atoms. The van der Waals surface area contributed by atoms with Gasteiger partial charge < -0.3 is 9.47 Å². The number of aryl methyl sites for hydroxylation is 1. The second kappa shape index (κ2) is 6.14. The number of carbonyl (C=O) groups is 1. The molecule has 1 aromatic heterocycles. The third-order valence-electron chi connectivity index (χ3n) is 5.45. The van der Waals surface area contributed by atoms with Gasteiger partial charge in [0.15, 0.2) is 9.84 Å². The first-order chi connectivity index (χ1) is 11.9. The molecule has 0 radical (unpaired) electrons. The molecule has 1 atom stereocenters. The number of hydrogen-bond donors (Lipinski definition) is 0. The van der Waals surface area contributed by atoms with Gasteiger partial charge in [-0.25, -0.2) is 8.42 Å². The highest BCUT2D eigenvalue weighted by Gasteiger charge is 2.34. The van der Waals surface area contributed by atoms with Crippen LogP contribution in [0.5, 0.6) is 0 Å². The molecule has 0 unspecified atom stereocenters. The van der Waals surface area contributed by atoms with Crippen LogP contribution in [0.25, 0.3) is 10.9 Å². The minimum atomic E-state index is -2.86. The van der Waals surface area contributed by atoms with Gasteiger partial charge in [0.25, 0.3) is 5.91 Å². The second-order valence-electron chi connectivity index (χ2n) is 7.06. The van der Waals surface area contributed by atoms with Crippen LogP contribution in [0.4, 0.5) is 0 Å². The summed E-state index contributed by atoms with van der Waals surface area (Å²) in [6.07, 6.45) is 2.63. The summed E-state index contributed by atoms with van der Waals surface area (Å²) in [5.74, 6) is 0.632. The summed E-state index contributed by atoms with van der Waals surface area (Å²) in [7, 11) is -0.908. The fraction of sp³-hybridized carbons (Fsp3) is 0.500. The van der Waals surface area contributed by atoms with Crippen molar-refractivity contribution in [1.82, 2.24) is 14.4 Å². The van der Waals surface area contributed by atoms with Crippen molar-refractivity contribution in [2.24, 2.45) is 7.05 Å². The highest BCUT2D eigenvalue weighted by Crippen LogP contribution is 2.23. The van der Waals surface area contributed by atoms with Crippen LogP contribution in [-0.4, -0.2) is 72.4 Å². The van der Waals surface area contributed by atoms with E-state index in [2.05, 4.69) is 4.90 Å². The van der Waals surface area contributed by atoms with Crippen LogP contribution in [0.2, 0.25) is 0 Å². The van der Waals surface area contributed by atoms with Gasteiger partial charge in [0.05, 0.1) is 17.1 Å². The van der Waals surface area contributed by atoms with E-state index in [-0.39, 0.29) is 17.7 Å². The first-order valence-electron chi connectivity index (χ1n) is 8.72. The van der Waals surface area contributed by atoms with Gasteiger partial charge in [-0.05, 0) is 12.5 Å². The lowest BCUT2D eigenvalue weighted by Crippen LogP contribution is -2.52. The van der Waals surface area contributed by atoms with Gasteiger partial charge in [0.1, 0.15) is 0 Å². The minimum Gasteiger partial charge on any atom is -0.350 e. The predicted molar refractivity (Wildman–Crippen MR) is 97.5 cm³/mol. The van der Waals surface area contributed by atoms with E-state index in [0.29, 0.717) is 18.8 Å². The molecule has 2 aliphatic rings. The average Bonchev–Trinajstić information content (AvgIpc) is 3.15. The van der Waals surface area contributed by atoms with Crippen molar-refractivity contribution in [2.45, 2.75) is 12.5 Å². The van der Waals surface area contributed by atoms with E-state index in [9.17, 15) is 13.2 Å². The van der Waals surface area contributed by atoms with Crippen molar-refractivity contribution in [2.75, 3.05) is 37.7 Å². The Balaban J connectivity index is 1.46. The Morgan fingerprint density at radius 3 is 2.52 bits per heavy atom. The molecule has 134 valence electrons. The second-order valence-corrected chi connectivity index (χ2v) is 9.28. The van der Waals surface area contributed by atoms with Gasteiger partial charge in [0, 0.05) is 56.4 Å². The molecule has 4 rings (SSSR count). The summed E-state index contributed by atoms with van der Waals surface area (Å²) in [5, 5.41) is 0.985. The fourth-order valence-corrected chi connectivity index (χ4v) is 5.80. The summed E-state index contributed by atoms with van der Waals surface area (Å²) >= 11 is 0. The molecule has 2 aliphatic heterocycles. The molecule has 7 heteroatoms. The van der Waals surface area contributed by atoms with Crippen LogP contribution in [0, 0.1) is 0 Å². The third kappa shape index (κ3) is 3.06. The molecule has 2 saturated heterocycles. The summed E-state index contributed by atoms with van der Waals surface area (Å²) < 4.78 is 25.3. The van der Waals surface area contributed by atoms with Gasteiger partial charge in [-0.15, -0.1) is 0 Å². The lowest BCUT2D eigenvalue weighted by Gasteiger charge is -2.37. The van der Waals surface area contributed by atoms with Crippen LogP contribution < -0.4 is 0 Å². The van der Waals surface area contributed by atoms with E-state index >= 15 is 0 Å². The molecule has 0 saturated carbocycles. The topological polar surface area (TPSA) is 62.6 Å². The number of benzene rings is 1. The molecule has 0 aliphatic carbocycles. The lowest BCUT2D eigenvalue weighted by molar-refractivity contribution is 0.0589. The number of sulfone groups is 1. The smallest absolute Gasteiger partial charge is 0.256 e. The quantitative estimate of drug-likeness (QED) is 0.804. The van der Waals surface area contributed by atoms with E-state index in [0.717, 1.165) is 36.0 Å². The number of hydrogen-bond acceptors (Lipinski definition) is 4. The molecule has 3 heterocycles. The first-order valence-corrected chi connectivity index (χ1v) is 10.5. The van der Waals surface area contributed by atoms with E-state index < -0.39 is 9.84 Å². The van der Waals surface area contributed by atoms with Gasteiger partial charge >= 0.3 is 0 Å². The Kier molecular flexibility index (Phi) is 4.08. The minimum absolute atomic E-state index is 0.0653. The number of aromatic nitrogens is 1. The number of amides is 1. The largest absolute Gasteiger partial charge is 0.350 e. The Morgan fingerprint density at radius 2 is 1.84 bits per heavy atom.